The minimum absolute atomic E-state index is 0.155. The first-order valence-corrected chi connectivity index (χ1v) is 11.2. The van der Waals surface area contributed by atoms with Gasteiger partial charge >= 0.3 is 0 Å². The predicted octanol–water partition coefficient (Wildman–Crippen LogP) is 4.03. The fraction of sp³-hybridized carbons (Fsp3) is 0.304. The van der Waals surface area contributed by atoms with Gasteiger partial charge in [0, 0.05) is 23.4 Å². The number of carbonyl (C=O) groups excluding carboxylic acids is 2. The molecule has 1 aromatic heterocycles. The van der Waals surface area contributed by atoms with Gasteiger partial charge in [-0.1, -0.05) is 12.1 Å². The second-order valence-corrected chi connectivity index (χ2v) is 8.00. The summed E-state index contributed by atoms with van der Waals surface area (Å²) >= 11 is 1.41. The molecule has 0 radical (unpaired) electrons. The molecule has 0 aliphatic carbocycles. The molecule has 0 spiro atoms. The molecule has 1 aliphatic heterocycles. The van der Waals surface area contributed by atoms with Crippen molar-refractivity contribution < 1.29 is 23.5 Å². The molecule has 1 aliphatic rings. The summed E-state index contributed by atoms with van der Waals surface area (Å²) in [6.07, 6.45) is 0. The number of thioether (sulfide) groups is 1. The molecule has 2 amide bonds. The molecule has 2 heterocycles. The first-order valence-electron chi connectivity index (χ1n) is 10.2. The molecule has 1 fully saturated rings. The van der Waals surface area contributed by atoms with Gasteiger partial charge in [-0.2, -0.15) is 0 Å². The van der Waals surface area contributed by atoms with Crippen molar-refractivity contribution in [2.75, 3.05) is 44.0 Å². The van der Waals surface area contributed by atoms with Crippen LogP contribution in [-0.2, 0) is 9.53 Å². The summed E-state index contributed by atoms with van der Waals surface area (Å²) in [7, 11) is 0. The van der Waals surface area contributed by atoms with Gasteiger partial charge in [-0.25, -0.2) is 0 Å². The smallest absolute Gasteiger partial charge is 0.291 e. The molecule has 0 unspecified atom stereocenters. The van der Waals surface area contributed by atoms with E-state index in [2.05, 4.69) is 5.32 Å². The third kappa shape index (κ3) is 5.03. The van der Waals surface area contributed by atoms with E-state index in [-0.39, 0.29) is 23.3 Å². The van der Waals surface area contributed by atoms with Gasteiger partial charge in [-0.3, -0.25) is 9.59 Å². The van der Waals surface area contributed by atoms with Crippen LogP contribution in [0.4, 0.5) is 5.69 Å². The number of morpholine rings is 1. The van der Waals surface area contributed by atoms with Gasteiger partial charge in [0.15, 0.2) is 0 Å². The van der Waals surface area contributed by atoms with Crippen LogP contribution in [0.2, 0.25) is 0 Å². The van der Waals surface area contributed by atoms with Crippen LogP contribution < -0.4 is 10.1 Å². The van der Waals surface area contributed by atoms with Gasteiger partial charge in [0.1, 0.15) is 17.0 Å². The van der Waals surface area contributed by atoms with Crippen LogP contribution in [-0.4, -0.2) is 55.4 Å². The van der Waals surface area contributed by atoms with E-state index in [1.807, 2.05) is 49.4 Å². The summed E-state index contributed by atoms with van der Waals surface area (Å²) in [4.78, 5) is 28.4. The quantitative estimate of drug-likeness (QED) is 0.559. The van der Waals surface area contributed by atoms with Crippen LogP contribution in [0.5, 0.6) is 5.75 Å². The largest absolute Gasteiger partial charge is 0.494 e. The Kier molecular flexibility index (Phi) is 6.79. The normalized spacial score (nSPS) is 13.9. The standard InChI is InChI=1S/C23H24N2O5S/c1-2-29-16-7-9-17(10-8-16)31-15-20(26)24-21-18-5-3-4-6-19(18)30-22(21)23(27)25-11-13-28-14-12-25/h3-10H,2,11-15H2,1H3,(H,24,26). The summed E-state index contributed by atoms with van der Waals surface area (Å²) in [6.45, 7) is 4.52. The maximum atomic E-state index is 13.0. The number of hydrogen-bond acceptors (Lipinski definition) is 6. The average Bonchev–Trinajstić information content (AvgIpc) is 3.17. The molecular weight excluding hydrogens is 416 g/mol. The van der Waals surface area contributed by atoms with E-state index in [0.717, 1.165) is 10.6 Å². The van der Waals surface area contributed by atoms with Gasteiger partial charge in [0.2, 0.25) is 11.7 Å². The molecule has 1 N–H and O–H groups in total. The van der Waals surface area contributed by atoms with Gasteiger partial charge in [0.25, 0.3) is 5.91 Å². The highest BCUT2D eigenvalue weighted by Crippen LogP contribution is 2.32. The number of rotatable bonds is 7. The molecule has 0 bridgehead atoms. The first-order chi connectivity index (χ1) is 15.2. The summed E-state index contributed by atoms with van der Waals surface area (Å²) in [5, 5.41) is 3.61. The van der Waals surface area contributed by atoms with Crippen LogP contribution in [0, 0.1) is 0 Å². The third-order valence-corrected chi connectivity index (χ3v) is 5.87. The monoisotopic (exact) mass is 440 g/mol. The van der Waals surface area contributed by atoms with E-state index >= 15 is 0 Å². The van der Waals surface area contributed by atoms with Crippen molar-refractivity contribution in [3.8, 4) is 5.75 Å². The summed E-state index contributed by atoms with van der Waals surface area (Å²) < 4.78 is 16.6. The number of hydrogen-bond donors (Lipinski definition) is 1. The van der Waals surface area contributed by atoms with Gasteiger partial charge < -0.3 is 24.1 Å². The van der Waals surface area contributed by atoms with Gasteiger partial charge in [-0.05, 0) is 43.3 Å². The van der Waals surface area contributed by atoms with E-state index in [4.69, 9.17) is 13.9 Å². The number of para-hydroxylation sites is 1. The molecule has 3 aromatic rings. The Morgan fingerprint density at radius 2 is 1.84 bits per heavy atom. The highest BCUT2D eigenvalue weighted by molar-refractivity contribution is 8.00. The lowest BCUT2D eigenvalue weighted by Crippen LogP contribution is -2.40. The van der Waals surface area contributed by atoms with Gasteiger partial charge in [0.05, 0.1) is 25.6 Å². The Morgan fingerprint density at radius 1 is 1.10 bits per heavy atom. The Labute approximate surface area is 184 Å². The Balaban J connectivity index is 1.48. The van der Waals surface area contributed by atoms with E-state index in [1.54, 1.807) is 11.0 Å². The molecule has 1 saturated heterocycles. The Hall–Kier alpha value is -2.97. The lowest BCUT2D eigenvalue weighted by molar-refractivity contribution is -0.113. The summed E-state index contributed by atoms with van der Waals surface area (Å²) in [6, 6.07) is 14.9. The molecule has 31 heavy (non-hydrogen) atoms. The number of nitrogens with zero attached hydrogens (tertiary/aromatic N) is 1. The zero-order valence-corrected chi connectivity index (χ0v) is 18.1. The topological polar surface area (TPSA) is 81.0 Å². The number of nitrogens with one attached hydrogen (secondary N) is 1. The molecule has 2 aromatic carbocycles. The maximum absolute atomic E-state index is 13.0. The van der Waals surface area contributed by atoms with E-state index < -0.39 is 0 Å². The number of benzene rings is 2. The number of carbonyl (C=O) groups is 2. The number of furan rings is 1. The van der Waals surface area contributed by atoms with Crippen molar-refractivity contribution in [2.45, 2.75) is 11.8 Å². The van der Waals surface area contributed by atoms with E-state index in [0.29, 0.717) is 49.6 Å². The molecule has 4 rings (SSSR count). The molecule has 7 nitrogen and oxygen atoms in total. The molecule has 162 valence electrons. The lowest BCUT2D eigenvalue weighted by atomic mass is 10.2. The third-order valence-electron chi connectivity index (χ3n) is 4.86. The zero-order valence-electron chi connectivity index (χ0n) is 17.3. The first kappa shape index (κ1) is 21.3. The fourth-order valence-electron chi connectivity index (χ4n) is 3.35. The second-order valence-electron chi connectivity index (χ2n) is 6.95. The number of amides is 2. The number of anilines is 1. The number of fused-ring (bicyclic) bond motifs is 1. The predicted molar refractivity (Wildman–Crippen MR) is 120 cm³/mol. The van der Waals surface area contributed by atoms with Crippen molar-refractivity contribution in [1.82, 2.24) is 4.90 Å². The molecule has 0 atom stereocenters. The minimum atomic E-state index is -0.242. The van der Waals surface area contributed by atoms with E-state index in [1.165, 1.54) is 11.8 Å². The molecule has 8 heteroatoms. The van der Waals surface area contributed by atoms with Crippen molar-refractivity contribution in [3.63, 3.8) is 0 Å². The SMILES string of the molecule is CCOc1ccc(SCC(=O)Nc2c(C(=O)N3CCOCC3)oc3ccccc23)cc1. The highest BCUT2D eigenvalue weighted by atomic mass is 32.2. The minimum Gasteiger partial charge on any atom is -0.494 e. The van der Waals surface area contributed by atoms with Crippen molar-refractivity contribution in [3.05, 3.63) is 54.3 Å². The summed E-state index contributed by atoms with van der Waals surface area (Å²) in [5.74, 6) is 0.712. The van der Waals surface area contributed by atoms with Crippen LogP contribution in [0.1, 0.15) is 17.5 Å². The lowest BCUT2D eigenvalue weighted by Gasteiger charge is -2.26. The van der Waals surface area contributed by atoms with Crippen molar-refractivity contribution >= 4 is 40.2 Å². The molecular formula is C23H24N2O5S. The molecule has 0 saturated carbocycles. The van der Waals surface area contributed by atoms with Crippen LogP contribution >= 0.6 is 11.8 Å². The van der Waals surface area contributed by atoms with Gasteiger partial charge in [-0.15, -0.1) is 11.8 Å². The Bertz CT molecular complexity index is 1060. The summed E-state index contributed by atoms with van der Waals surface area (Å²) in [5.41, 5.74) is 0.984. The van der Waals surface area contributed by atoms with Crippen molar-refractivity contribution in [1.29, 1.82) is 0 Å². The second kappa shape index (κ2) is 9.89. The van der Waals surface area contributed by atoms with Crippen molar-refractivity contribution in [2.24, 2.45) is 0 Å². The van der Waals surface area contributed by atoms with Crippen LogP contribution in [0.15, 0.2) is 57.8 Å². The number of ether oxygens (including phenoxy) is 2. The maximum Gasteiger partial charge on any atom is 0.291 e. The van der Waals surface area contributed by atoms with E-state index in [9.17, 15) is 9.59 Å². The fourth-order valence-corrected chi connectivity index (χ4v) is 4.05. The van der Waals surface area contributed by atoms with Crippen LogP contribution in [0.3, 0.4) is 0 Å². The average molecular weight is 441 g/mol. The van der Waals surface area contributed by atoms with Crippen LogP contribution in [0.25, 0.3) is 11.0 Å². The highest BCUT2D eigenvalue weighted by Gasteiger charge is 2.27. The Morgan fingerprint density at radius 3 is 2.58 bits per heavy atom. The zero-order chi connectivity index (χ0) is 21.6.